The minimum Gasteiger partial charge on any atom is -0.344 e. The highest BCUT2D eigenvalue weighted by Gasteiger charge is 2.25. The Hall–Kier alpha value is -6.30. The Labute approximate surface area is 299 Å². The fourth-order valence-corrected chi connectivity index (χ4v) is 9.05. The zero-order valence-corrected chi connectivity index (χ0v) is 28.7. The molecular weight excluding hydrogens is 641 g/mol. The number of aromatic nitrogens is 1. The van der Waals surface area contributed by atoms with Crippen molar-refractivity contribution in [2.24, 2.45) is 9.98 Å². The smallest absolute Gasteiger partial charge is 0.159 e. The molecule has 0 radical (unpaired) electrons. The lowest BCUT2D eigenvalue weighted by atomic mass is 10.0. The van der Waals surface area contributed by atoms with Crippen molar-refractivity contribution >= 4 is 65.0 Å². The molecule has 0 amide bonds. The fourth-order valence-electron chi connectivity index (χ4n) is 7.62. The van der Waals surface area contributed by atoms with Gasteiger partial charge in [0.15, 0.2) is 5.84 Å². The lowest BCUT2D eigenvalue weighted by Gasteiger charge is -2.24. The van der Waals surface area contributed by atoms with Crippen LogP contribution >= 0.6 is 11.3 Å². The van der Waals surface area contributed by atoms with Crippen LogP contribution in [0.3, 0.4) is 0 Å². The highest BCUT2D eigenvalue weighted by molar-refractivity contribution is 7.27. The zero-order valence-electron chi connectivity index (χ0n) is 27.9. The summed E-state index contributed by atoms with van der Waals surface area (Å²) in [4.78, 5) is 10.5. The number of amidine groups is 2. The van der Waals surface area contributed by atoms with Crippen LogP contribution in [0.2, 0.25) is 0 Å². The maximum atomic E-state index is 5.29. The fraction of sp³-hybridized carbons (Fsp3) is 0.0435. The predicted octanol–water partition coefficient (Wildman–Crippen LogP) is 11.6. The van der Waals surface area contributed by atoms with Gasteiger partial charge < -0.3 is 9.88 Å². The van der Waals surface area contributed by atoms with Crippen molar-refractivity contribution in [3.05, 3.63) is 186 Å². The van der Waals surface area contributed by atoms with Crippen LogP contribution < -0.4 is 5.32 Å². The summed E-state index contributed by atoms with van der Waals surface area (Å²) in [7, 11) is 0. The van der Waals surface area contributed by atoms with E-state index >= 15 is 0 Å². The first kappa shape index (κ1) is 29.6. The average Bonchev–Trinajstić information content (AvgIpc) is 3.76. The van der Waals surface area contributed by atoms with Crippen LogP contribution in [0, 0.1) is 6.92 Å². The summed E-state index contributed by atoms with van der Waals surface area (Å²) in [5.41, 5.74) is 10.4. The highest BCUT2D eigenvalue weighted by atomic mass is 32.1. The summed E-state index contributed by atoms with van der Waals surface area (Å²) < 4.78 is 4.94. The summed E-state index contributed by atoms with van der Waals surface area (Å²) in [5.74, 6) is 1.55. The molecule has 10 rings (SSSR count). The summed E-state index contributed by atoms with van der Waals surface area (Å²) in [6.45, 7) is 2.25. The molecule has 1 atom stereocenters. The number of hydrogen-bond acceptors (Lipinski definition) is 4. The quantitative estimate of drug-likeness (QED) is 0.194. The summed E-state index contributed by atoms with van der Waals surface area (Å²) in [6.07, 6.45) is -0.284. The third-order valence-corrected chi connectivity index (χ3v) is 11.2. The predicted molar refractivity (Wildman–Crippen MR) is 216 cm³/mol. The van der Waals surface area contributed by atoms with Gasteiger partial charge in [-0.25, -0.2) is 9.98 Å². The molecule has 242 valence electrons. The van der Waals surface area contributed by atoms with E-state index in [2.05, 4.69) is 168 Å². The van der Waals surface area contributed by atoms with E-state index in [0.29, 0.717) is 0 Å². The van der Waals surface area contributed by atoms with Gasteiger partial charge in [-0.05, 0) is 65.6 Å². The standard InChI is InChI=1S/C46H32N4S/c1-29-27-38-35-23-11-12-26-39(35)50(34-21-9-4-10-22-34)41(38)43-40(29)36-24-14-25-37(42(36)51-43)46-48-44(31-17-7-3-8-18-31)47-45(49-46)33-20-13-19-32(28-33)30-15-5-2-6-16-30/h2-28,44H,1H3,(H,47,48,49). The third-order valence-electron chi connectivity index (χ3n) is 9.95. The maximum absolute atomic E-state index is 5.29. The molecule has 7 aromatic carbocycles. The van der Waals surface area contributed by atoms with Crippen molar-refractivity contribution < 1.29 is 0 Å². The van der Waals surface area contributed by atoms with Gasteiger partial charge in [0.25, 0.3) is 0 Å². The molecule has 4 nitrogen and oxygen atoms in total. The molecule has 5 heteroatoms. The van der Waals surface area contributed by atoms with E-state index in [1.54, 1.807) is 0 Å². The SMILES string of the molecule is Cc1cc2c3ccccc3n(-c3ccccc3)c2c2sc3c(C4=NC(c5cccc(-c6ccccc6)c5)=NC(c5ccccc5)N4)cccc3c12. The molecular formula is C46H32N4S. The molecule has 3 heterocycles. The zero-order chi connectivity index (χ0) is 33.9. The van der Waals surface area contributed by atoms with Gasteiger partial charge in [0.05, 0.1) is 15.7 Å². The Kier molecular flexibility index (Phi) is 6.93. The summed E-state index contributed by atoms with van der Waals surface area (Å²) in [6, 6.07) is 58.0. The molecule has 1 N–H and O–H groups in total. The van der Waals surface area contributed by atoms with Crippen molar-refractivity contribution in [3.8, 4) is 16.8 Å². The van der Waals surface area contributed by atoms with Crippen LogP contribution in [-0.2, 0) is 0 Å². The van der Waals surface area contributed by atoms with Crippen LogP contribution in [0.15, 0.2) is 174 Å². The lowest BCUT2D eigenvalue weighted by molar-refractivity contribution is 0.674. The van der Waals surface area contributed by atoms with Gasteiger partial charge in [0.1, 0.15) is 12.0 Å². The van der Waals surface area contributed by atoms with E-state index in [9.17, 15) is 0 Å². The number of nitrogens with one attached hydrogen (secondary N) is 1. The molecule has 0 saturated carbocycles. The third kappa shape index (κ3) is 4.89. The van der Waals surface area contributed by atoms with E-state index in [1.165, 1.54) is 53.1 Å². The molecule has 0 spiro atoms. The molecule has 1 unspecified atom stereocenters. The summed E-state index contributed by atoms with van der Waals surface area (Å²) in [5, 5.41) is 8.82. The van der Waals surface area contributed by atoms with E-state index in [0.717, 1.165) is 39.6 Å². The molecule has 1 aliphatic heterocycles. The normalized spacial score (nSPS) is 14.6. The number of benzene rings is 7. The first-order chi connectivity index (χ1) is 25.2. The van der Waals surface area contributed by atoms with Gasteiger partial charge in [-0.2, -0.15) is 0 Å². The second-order valence-corrected chi connectivity index (χ2v) is 14.1. The highest BCUT2D eigenvalue weighted by Crippen LogP contribution is 2.45. The van der Waals surface area contributed by atoms with Crippen molar-refractivity contribution in [1.29, 1.82) is 0 Å². The number of nitrogens with zero attached hydrogens (tertiary/aromatic N) is 3. The minimum absolute atomic E-state index is 0.284. The number of aliphatic imine (C=N–C) groups is 2. The van der Waals surface area contributed by atoms with Crippen molar-refractivity contribution in [3.63, 3.8) is 0 Å². The second-order valence-electron chi connectivity index (χ2n) is 13.1. The first-order valence-corrected chi connectivity index (χ1v) is 18.1. The van der Waals surface area contributed by atoms with E-state index in [-0.39, 0.29) is 6.17 Å². The summed E-state index contributed by atoms with van der Waals surface area (Å²) >= 11 is 1.86. The van der Waals surface area contributed by atoms with Gasteiger partial charge >= 0.3 is 0 Å². The molecule has 0 fully saturated rings. The van der Waals surface area contributed by atoms with Gasteiger partial charge in [-0.15, -0.1) is 11.3 Å². The van der Waals surface area contributed by atoms with E-state index in [4.69, 9.17) is 9.98 Å². The maximum Gasteiger partial charge on any atom is 0.159 e. The Morgan fingerprint density at radius 2 is 1.25 bits per heavy atom. The lowest BCUT2D eigenvalue weighted by Crippen LogP contribution is -2.33. The number of para-hydroxylation sites is 2. The van der Waals surface area contributed by atoms with Crippen molar-refractivity contribution in [2.45, 2.75) is 13.1 Å². The van der Waals surface area contributed by atoms with Crippen molar-refractivity contribution in [1.82, 2.24) is 9.88 Å². The van der Waals surface area contributed by atoms with E-state index in [1.807, 2.05) is 23.5 Å². The van der Waals surface area contributed by atoms with Gasteiger partial charge in [-0.3, -0.25) is 0 Å². The topological polar surface area (TPSA) is 41.7 Å². The molecule has 51 heavy (non-hydrogen) atoms. The van der Waals surface area contributed by atoms with Gasteiger partial charge in [0, 0.05) is 43.1 Å². The molecule has 0 aliphatic carbocycles. The Bertz CT molecular complexity index is 2830. The Morgan fingerprint density at radius 3 is 2.08 bits per heavy atom. The number of rotatable bonds is 5. The van der Waals surface area contributed by atoms with Crippen LogP contribution in [0.25, 0.3) is 58.8 Å². The Balaban J connectivity index is 1.21. The Morgan fingerprint density at radius 1 is 0.588 bits per heavy atom. The largest absolute Gasteiger partial charge is 0.344 e. The van der Waals surface area contributed by atoms with Gasteiger partial charge in [0.2, 0.25) is 0 Å². The number of aryl methyl sites for hydroxylation is 1. The number of thiophene rings is 1. The first-order valence-electron chi connectivity index (χ1n) is 17.3. The van der Waals surface area contributed by atoms with Crippen LogP contribution in [-0.4, -0.2) is 16.2 Å². The van der Waals surface area contributed by atoms with Gasteiger partial charge in [-0.1, -0.05) is 127 Å². The number of fused-ring (bicyclic) bond motifs is 7. The van der Waals surface area contributed by atoms with Crippen LogP contribution in [0.4, 0.5) is 0 Å². The molecule has 2 aromatic heterocycles. The van der Waals surface area contributed by atoms with Crippen LogP contribution in [0.1, 0.15) is 28.4 Å². The molecule has 1 aliphatic rings. The van der Waals surface area contributed by atoms with Crippen LogP contribution in [0.5, 0.6) is 0 Å². The molecule has 0 saturated heterocycles. The molecule has 0 bridgehead atoms. The molecule has 9 aromatic rings. The van der Waals surface area contributed by atoms with E-state index < -0.39 is 0 Å². The second kappa shape index (κ2) is 11.9. The average molecular weight is 673 g/mol. The number of hydrogen-bond donors (Lipinski definition) is 1. The minimum atomic E-state index is -0.284. The van der Waals surface area contributed by atoms with Crippen molar-refractivity contribution in [2.75, 3.05) is 0 Å². The monoisotopic (exact) mass is 672 g/mol.